The van der Waals surface area contributed by atoms with Crippen LogP contribution in [0, 0.1) is 6.92 Å². The minimum Gasteiger partial charge on any atom is -0.421 e. The number of hydrogen-bond acceptors (Lipinski definition) is 5. The van der Waals surface area contributed by atoms with Crippen LogP contribution < -0.4 is 4.72 Å². The third-order valence-corrected chi connectivity index (χ3v) is 4.92. The highest BCUT2D eigenvalue weighted by atomic mass is 35.5. The molecule has 0 atom stereocenters. The molecule has 8 heteroatoms. The highest BCUT2D eigenvalue weighted by Crippen LogP contribution is 2.25. The van der Waals surface area contributed by atoms with E-state index in [1.165, 1.54) is 12.1 Å². The lowest BCUT2D eigenvalue weighted by molar-refractivity contribution is 0.533. The fourth-order valence-electron chi connectivity index (χ4n) is 1.97. The average molecular weight is 350 g/mol. The minimum absolute atomic E-state index is 0.0262. The van der Waals surface area contributed by atoms with Crippen molar-refractivity contribution in [2.75, 3.05) is 4.72 Å². The number of nitrogens with zero attached hydrogens (tertiary/aromatic N) is 2. The van der Waals surface area contributed by atoms with Crippen LogP contribution in [0.25, 0.3) is 11.5 Å². The zero-order valence-electron chi connectivity index (χ0n) is 12.0. The third kappa shape index (κ3) is 3.35. The second-order valence-corrected chi connectivity index (χ2v) is 6.80. The van der Waals surface area contributed by atoms with Crippen molar-refractivity contribution in [3.63, 3.8) is 0 Å². The maximum Gasteiger partial charge on any atom is 0.263 e. The first-order valence-electron chi connectivity index (χ1n) is 6.63. The molecular formula is C15H12ClN3O3S. The molecule has 0 aliphatic heterocycles. The standard InChI is InChI=1S/C15H12ClN3O3S/c1-10-17-18-15(22-10)11-6-8-12(9-7-11)19-23(20,21)14-5-3-2-4-13(14)16/h2-9,19H,1H3. The SMILES string of the molecule is Cc1nnc(-c2ccc(NS(=O)(=O)c3ccccc3Cl)cc2)o1. The number of anilines is 1. The van der Waals surface area contributed by atoms with Gasteiger partial charge in [-0.15, -0.1) is 10.2 Å². The van der Waals surface area contributed by atoms with Gasteiger partial charge in [0.2, 0.25) is 11.8 Å². The Labute approximate surface area is 138 Å². The molecule has 1 aromatic heterocycles. The van der Waals surface area contributed by atoms with Crippen LogP contribution in [0.4, 0.5) is 5.69 Å². The number of halogens is 1. The third-order valence-electron chi connectivity index (χ3n) is 3.04. The predicted octanol–water partition coefficient (Wildman–Crippen LogP) is 3.50. The topological polar surface area (TPSA) is 85.1 Å². The number of benzene rings is 2. The molecule has 23 heavy (non-hydrogen) atoms. The molecular weight excluding hydrogens is 338 g/mol. The molecule has 6 nitrogen and oxygen atoms in total. The Hall–Kier alpha value is -2.38. The summed E-state index contributed by atoms with van der Waals surface area (Å²) >= 11 is 5.94. The van der Waals surface area contributed by atoms with Crippen LogP contribution in [-0.4, -0.2) is 18.6 Å². The van der Waals surface area contributed by atoms with Crippen LogP contribution in [0.2, 0.25) is 5.02 Å². The summed E-state index contributed by atoms with van der Waals surface area (Å²) < 4.78 is 32.5. The molecule has 1 N–H and O–H groups in total. The molecule has 3 aromatic rings. The van der Waals surface area contributed by atoms with Crippen molar-refractivity contribution in [2.24, 2.45) is 0 Å². The van der Waals surface area contributed by atoms with E-state index in [1.807, 2.05) is 0 Å². The van der Waals surface area contributed by atoms with E-state index in [-0.39, 0.29) is 9.92 Å². The van der Waals surface area contributed by atoms with E-state index < -0.39 is 10.0 Å². The monoisotopic (exact) mass is 349 g/mol. The second kappa shape index (κ2) is 6.02. The Morgan fingerprint density at radius 1 is 1.04 bits per heavy atom. The van der Waals surface area contributed by atoms with Crippen molar-refractivity contribution in [3.05, 3.63) is 59.4 Å². The van der Waals surface area contributed by atoms with Gasteiger partial charge in [-0.05, 0) is 36.4 Å². The summed E-state index contributed by atoms with van der Waals surface area (Å²) in [4.78, 5) is 0.0262. The maximum atomic E-state index is 12.3. The van der Waals surface area contributed by atoms with E-state index in [2.05, 4.69) is 14.9 Å². The fourth-order valence-corrected chi connectivity index (χ4v) is 3.55. The largest absolute Gasteiger partial charge is 0.421 e. The van der Waals surface area contributed by atoms with E-state index in [4.69, 9.17) is 16.0 Å². The minimum atomic E-state index is -3.75. The molecule has 0 saturated carbocycles. The molecule has 1 heterocycles. The summed E-state index contributed by atoms with van der Waals surface area (Å²) in [5.74, 6) is 0.839. The summed E-state index contributed by atoms with van der Waals surface area (Å²) in [6.07, 6.45) is 0. The molecule has 0 unspecified atom stereocenters. The predicted molar refractivity (Wildman–Crippen MR) is 86.7 cm³/mol. The van der Waals surface area contributed by atoms with Gasteiger partial charge in [0.1, 0.15) is 4.90 Å². The molecule has 3 rings (SSSR count). The zero-order valence-corrected chi connectivity index (χ0v) is 13.6. The van der Waals surface area contributed by atoms with Gasteiger partial charge in [-0.25, -0.2) is 8.42 Å². The molecule has 118 valence electrons. The Bertz CT molecular complexity index is 937. The Morgan fingerprint density at radius 2 is 1.74 bits per heavy atom. The van der Waals surface area contributed by atoms with Gasteiger partial charge in [0, 0.05) is 18.2 Å². The van der Waals surface area contributed by atoms with Crippen LogP contribution in [0.15, 0.2) is 57.8 Å². The van der Waals surface area contributed by atoms with Crippen LogP contribution in [0.1, 0.15) is 5.89 Å². The van der Waals surface area contributed by atoms with Gasteiger partial charge in [-0.3, -0.25) is 4.72 Å². The Kier molecular flexibility index (Phi) is 4.06. The number of rotatable bonds is 4. The molecule has 0 aliphatic carbocycles. The number of aryl methyl sites for hydroxylation is 1. The number of hydrogen-bond donors (Lipinski definition) is 1. The maximum absolute atomic E-state index is 12.3. The van der Waals surface area contributed by atoms with E-state index in [0.717, 1.165) is 0 Å². The molecule has 0 saturated heterocycles. The van der Waals surface area contributed by atoms with Crippen molar-refractivity contribution in [2.45, 2.75) is 11.8 Å². The molecule has 0 fully saturated rings. The molecule has 2 aromatic carbocycles. The first kappa shape index (κ1) is 15.5. The Balaban J connectivity index is 1.85. The molecule has 0 spiro atoms. The van der Waals surface area contributed by atoms with Gasteiger partial charge in [0.05, 0.1) is 5.02 Å². The lowest BCUT2D eigenvalue weighted by atomic mass is 10.2. The fraction of sp³-hybridized carbons (Fsp3) is 0.0667. The smallest absolute Gasteiger partial charge is 0.263 e. The first-order chi connectivity index (χ1) is 11.0. The van der Waals surface area contributed by atoms with Crippen LogP contribution in [0.3, 0.4) is 0 Å². The van der Waals surface area contributed by atoms with E-state index in [0.29, 0.717) is 23.0 Å². The van der Waals surface area contributed by atoms with E-state index in [1.54, 1.807) is 43.3 Å². The van der Waals surface area contributed by atoms with E-state index in [9.17, 15) is 8.42 Å². The molecule has 0 aliphatic rings. The lowest BCUT2D eigenvalue weighted by Gasteiger charge is -2.09. The quantitative estimate of drug-likeness (QED) is 0.779. The molecule has 0 bridgehead atoms. The van der Waals surface area contributed by atoms with Gasteiger partial charge < -0.3 is 4.42 Å². The van der Waals surface area contributed by atoms with Gasteiger partial charge in [-0.2, -0.15) is 0 Å². The van der Waals surface area contributed by atoms with Crippen LogP contribution in [0.5, 0.6) is 0 Å². The number of nitrogens with one attached hydrogen (secondary N) is 1. The van der Waals surface area contributed by atoms with Crippen molar-refractivity contribution >= 4 is 27.3 Å². The number of aromatic nitrogens is 2. The zero-order chi connectivity index (χ0) is 16.4. The summed E-state index contributed by atoms with van der Waals surface area (Å²) in [7, 11) is -3.75. The Morgan fingerprint density at radius 3 is 2.35 bits per heavy atom. The normalized spacial score (nSPS) is 11.4. The van der Waals surface area contributed by atoms with Gasteiger partial charge in [0.15, 0.2) is 0 Å². The first-order valence-corrected chi connectivity index (χ1v) is 8.50. The highest BCUT2D eigenvalue weighted by molar-refractivity contribution is 7.92. The summed E-state index contributed by atoms with van der Waals surface area (Å²) in [5.41, 5.74) is 1.11. The van der Waals surface area contributed by atoms with Gasteiger partial charge in [-0.1, -0.05) is 23.7 Å². The highest BCUT2D eigenvalue weighted by Gasteiger charge is 2.17. The lowest BCUT2D eigenvalue weighted by Crippen LogP contribution is -2.13. The van der Waals surface area contributed by atoms with Gasteiger partial charge >= 0.3 is 0 Å². The van der Waals surface area contributed by atoms with Crippen LogP contribution >= 0.6 is 11.6 Å². The van der Waals surface area contributed by atoms with E-state index >= 15 is 0 Å². The number of sulfonamides is 1. The molecule has 0 radical (unpaired) electrons. The van der Waals surface area contributed by atoms with Crippen molar-refractivity contribution in [1.82, 2.24) is 10.2 Å². The van der Waals surface area contributed by atoms with Crippen molar-refractivity contribution in [1.29, 1.82) is 0 Å². The summed E-state index contributed by atoms with van der Waals surface area (Å²) in [6, 6.07) is 12.9. The van der Waals surface area contributed by atoms with Gasteiger partial charge in [0.25, 0.3) is 10.0 Å². The van der Waals surface area contributed by atoms with Crippen molar-refractivity contribution in [3.8, 4) is 11.5 Å². The van der Waals surface area contributed by atoms with Crippen molar-refractivity contribution < 1.29 is 12.8 Å². The molecule has 0 amide bonds. The summed E-state index contributed by atoms with van der Waals surface area (Å²) in [6.45, 7) is 1.70. The second-order valence-electron chi connectivity index (χ2n) is 4.74. The summed E-state index contributed by atoms with van der Waals surface area (Å²) in [5, 5.41) is 7.82. The average Bonchev–Trinajstić information content (AvgIpc) is 2.94. The van der Waals surface area contributed by atoms with Crippen LogP contribution in [-0.2, 0) is 10.0 Å².